The number of halogens is 1. The van der Waals surface area contributed by atoms with Crippen molar-refractivity contribution in [1.29, 1.82) is 0 Å². The van der Waals surface area contributed by atoms with Crippen LogP contribution in [0.15, 0.2) is 51.4 Å². The van der Waals surface area contributed by atoms with Crippen LogP contribution in [0.4, 0.5) is 5.69 Å². The van der Waals surface area contributed by atoms with E-state index in [1.165, 1.54) is 41.8 Å². The molecule has 0 fully saturated rings. The zero-order valence-corrected chi connectivity index (χ0v) is 14.9. The summed E-state index contributed by atoms with van der Waals surface area (Å²) in [5, 5.41) is 21.2. The number of H-pyrrole nitrogens is 1. The number of amides is 1. The molecule has 0 aliphatic carbocycles. The Labute approximate surface area is 153 Å². The van der Waals surface area contributed by atoms with Crippen molar-refractivity contribution in [2.24, 2.45) is 5.10 Å². The molecule has 3 aromatic rings. The number of nitrogens with one attached hydrogen (secondary N) is 2. The summed E-state index contributed by atoms with van der Waals surface area (Å²) >= 11 is 4.90. The number of carbonyl (C=O) groups is 1. The first-order valence-corrected chi connectivity index (χ1v) is 8.53. The molecule has 0 saturated heterocycles. The SMILES string of the molecule is O=C(N/N=C/c1ccc([N+](=O)[O-])cc1)c1cc(-c2ccc(Br)s2)[nH]n1. The maximum atomic E-state index is 12.0. The van der Waals surface area contributed by atoms with Gasteiger partial charge in [0.05, 0.1) is 25.5 Å². The Kier molecular flexibility index (Phi) is 5.00. The van der Waals surface area contributed by atoms with Gasteiger partial charge in [-0.25, -0.2) is 5.43 Å². The second-order valence-electron chi connectivity index (χ2n) is 4.82. The van der Waals surface area contributed by atoms with Crippen molar-refractivity contribution in [1.82, 2.24) is 15.6 Å². The summed E-state index contributed by atoms with van der Waals surface area (Å²) in [6.07, 6.45) is 1.39. The van der Waals surface area contributed by atoms with Crippen LogP contribution < -0.4 is 5.43 Å². The largest absolute Gasteiger partial charge is 0.291 e. The van der Waals surface area contributed by atoms with Gasteiger partial charge in [-0.3, -0.25) is 20.0 Å². The van der Waals surface area contributed by atoms with E-state index in [4.69, 9.17) is 0 Å². The average molecular weight is 420 g/mol. The molecule has 0 saturated carbocycles. The van der Waals surface area contributed by atoms with Gasteiger partial charge in [0.15, 0.2) is 5.69 Å². The van der Waals surface area contributed by atoms with Crippen LogP contribution in [0.1, 0.15) is 16.1 Å². The highest BCUT2D eigenvalue weighted by Gasteiger charge is 2.12. The van der Waals surface area contributed by atoms with Gasteiger partial charge in [-0.15, -0.1) is 11.3 Å². The molecule has 1 amide bonds. The second-order valence-corrected chi connectivity index (χ2v) is 7.28. The standard InChI is InChI=1S/C15H10BrN5O3S/c16-14-6-5-13(25-14)11-7-12(19-18-11)15(22)20-17-8-9-1-3-10(4-2-9)21(23)24/h1-8H,(H,18,19)(H,20,22)/b17-8+. The van der Waals surface area contributed by atoms with Crippen LogP contribution in [0.25, 0.3) is 10.6 Å². The normalized spacial score (nSPS) is 10.9. The Morgan fingerprint density at radius 2 is 2.08 bits per heavy atom. The van der Waals surface area contributed by atoms with Crippen LogP contribution in [-0.2, 0) is 0 Å². The third-order valence-electron chi connectivity index (χ3n) is 3.13. The first-order chi connectivity index (χ1) is 12.0. The second kappa shape index (κ2) is 7.36. The first kappa shape index (κ1) is 17.0. The lowest BCUT2D eigenvalue weighted by Crippen LogP contribution is -2.17. The van der Waals surface area contributed by atoms with Crippen LogP contribution in [-0.4, -0.2) is 27.2 Å². The van der Waals surface area contributed by atoms with Gasteiger partial charge in [0.2, 0.25) is 0 Å². The fraction of sp³-hybridized carbons (Fsp3) is 0. The van der Waals surface area contributed by atoms with Crippen molar-refractivity contribution in [2.45, 2.75) is 0 Å². The number of hydrogen-bond donors (Lipinski definition) is 2. The third kappa shape index (κ3) is 4.17. The molecule has 0 atom stereocenters. The van der Waals surface area contributed by atoms with E-state index in [1.54, 1.807) is 6.07 Å². The van der Waals surface area contributed by atoms with Gasteiger partial charge in [0.1, 0.15) is 0 Å². The van der Waals surface area contributed by atoms with Crippen molar-refractivity contribution >= 4 is 45.1 Å². The Hall–Kier alpha value is -2.85. The van der Waals surface area contributed by atoms with Crippen LogP contribution in [0.5, 0.6) is 0 Å². The summed E-state index contributed by atoms with van der Waals surface area (Å²) < 4.78 is 0.982. The Balaban J connectivity index is 1.62. The van der Waals surface area contributed by atoms with Crippen molar-refractivity contribution in [3.05, 3.63) is 67.6 Å². The zero-order valence-electron chi connectivity index (χ0n) is 12.5. The Morgan fingerprint density at radius 1 is 1.32 bits per heavy atom. The number of nitrogens with zero attached hydrogens (tertiary/aromatic N) is 3. The molecule has 126 valence electrons. The molecular formula is C15H10BrN5O3S. The average Bonchev–Trinajstić information content (AvgIpc) is 3.24. The molecule has 2 N–H and O–H groups in total. The van der Waals surface area contributed by atoms with E-state index in [9.17, 15) is 14.9 Å². The molecule has 8 nitrogen and oxygen atoms in total. The van der Waals surface area contributed by atoms with Gasteiger partial charge in [-0.1, -0.05) is 0 Å². The summed E-state index contributed by atoms with van der Waals surface area (Å²) in [4.78, 5) is 23.1. The van der Waals surface area contributed by atoms with Gasteiger partial charge in [-0.05, 0) is 51.8 Å². The molecule has 2 aromatic heterocycles. The van der Waals surface area contributed by atoms with Gasteiger partial charge in [-0.2, -0.15) is 10.2 Å². The number of hydrazone groups is 1. The Bertz CT molecular complexity index is 948. The number of rotatable bonds is 5. The fourth-order valence-electron chi connectivity index (χ4n) is 1.93. The number of benzene rings is 1. The molecule has 0 radical (unpaired) electrons. The lowest BCUT2D eigenvalue weighted by Gasteiger charge is -1.95. The minimum absolute atomic E-state index is 0.00884. The van der Waals surface area contributed by atoms with E-state index >= 15 is 0 Å². The van der Waals surface area contributed by atoms with Gasteiger partial charge in [0, 0.05) is 12.1 Å². The van der Waals surface area contributed by atoms with Crippen LogP contribution in [0, 0.1) is 10.1 Å². The quantitative estimate of drug-likeness (QED) is 0.373. The van der Waals surface area contributed by atoms with Crippen molar-refractivity contribution in [3.8, 4) is 10.6 Å². The maximum absolute atomic E-state index is 12.0. The molecule has 10 heteroatoms. The van der Waals surface area contributed by atoms with Gasteiger partial charge >= 0.3 is 0 Å². The van der Waals surface area contributed by atoms with Crippen molar-refractivity contribution < 1.29 is 9.72 Å². The Morgan fingerprint density at radius 3 is 2.72 bits per heavy atom. The van der Waals surface area contributed by atoms with Crippen LogP contribution in [0.3, 0.4) is 0 Å². The summed E-state index contributed by atoms with van der Waals surface area (Å²) in [5.74, 6) is -0.462. The van der Waals surface area contributed by atoms with E-state index in [1.807, 2.05) is 12.1 Å². The molecule has 0 aliphatic rings. The molecule has 0 aliphatic heterocycles. The lowest BCUT2D eigenvalue weighted by atomic mass is 10.2. The maximum Gasteiger partial charge on any atom is 0.291 e. The number of hydrogen-bond acceptors (Lipinski definition) is 6. The zero-order chi connectivity index (χ0) is 17.8. The van der Waals surface area contributed by atoms with E-state index in [0.717, 1.165) is 14.4 Å². The third-order valence-corrected chi connectivity index (χ3v) is 4.79. The molecule has 25 heavy (non-hydrogen) atoms. The predicted octanol–water partition coefficient (Wildman–Crippen LogP) is 3.57. The van der Waals surface area contributed by atoms with E-state index < -0.39 is 10.8 Å². The number of carbonyl (C=O) groups excluding carboxylic acids is 1. The highest BCUT2D eigenvalue weighted by molar-refractivity contribution is 9.11. The van der Waals surface area contributed by atoms with E-state index in [-0.39, 0.29) is 11.4 Å². The molecular weight excluding hydrogens is 410 g/mol. The number of aromatic amines is 1. The molecule has 3 rings (SSSR count). The minimum Gasteiger partial charge on any atom is -0.276 e. The van der Waals surface area contributed by atoms with Gasteiger partial charge < -0.3 is 0 Å². The fourth-order valence-corrected chi connectivity index (χ4v) is 3.28. The van der Waals surface area contributed by atoms with Crippen molar-refractivity contribution in [3.63, 3.8) is 0 Å². The number of nitro benzene ring substituents is 1. The summed E-state index contributed by atoms with van der Waals surface area (Å²) in [5.41, 5.74) is 3.92. The summed E-state index contributed by atoms with van der Waals surface area (Å²) in [7, 11) is 0. The van der Waals surface area contributed by atoms with Crippen molar-refractivity contribution in [2.75, 3.05) is 0 Å². The van der Waals surface area contributed by atoms with E-state index in [2.05, 4.69) is 36.7 Å². The number of nitro groups is 1. The lowest BCUT2D eigenvalue weighted by molar-refractivity contribution is -0.384. The number of non-ortho nitro benzene ring substituents is 1. The van der Waals surface area contributed by atoms with Crippen LogP contribution >= 0.6 is 27.3 Å². The predicted molar refractivity (Wildman–Crippen MR) is 97.8 cm³/mol. The van der Waals surface area contributed by atoms with Gasteiger partial charge in [0.25, 0.3) is 11.6 Å². The highest BCUT2D eigenvalue weighted by Crippen LogP contribution is 2.30. The molecule has 2 heterocycles. The number of aromatic nitrogens is 2. The summed E-state index contributed by atoms with van der Waals surface area (Å²) in [6, 6.07) is 11.3. The monoisotopic (exact) mass is 419 g/mol. The highest BCUT2D eigenvalue weighted by atomic mass is 79.9. The number of thiophene rings is 1. The van der Waals surface area contributed by atoms with Crippen LogP contribution in [0.2, 0.25) is 0 Å². The summed E-state index contributed by atoms with van der Waals surface area (Å²) in [6.45, 7) is 0. The van der Waals surface area contributed by atoms with E-state index in [0.29, 0.717) is 5.56 Å². The first-order valence-electron chi connectivity index (χ1n) is 6.92. The molecule has 0 unspecified atom stereocenters. The molecule has 0 spiro atoms. The molecule has 1 aromatic carbocycles. The smallest absolute Gasteiger partial charge is 0.276 e. The molecule has 0 bridgehead atoms. The topological polar surface area (TPSA) is 113 Å². The minimum atomic E-state index is -0.482.